The molecule has 11 heteroatoms. The molecular weight excluding hydrogens is 473 g/mol. The van der Waals surface area contributed by atoms with Crippen molar-refractivity contribution in [2.45, 2.75) is 13.0 Å². The van der Waals surface area contributed by atoms with Crippen LogP contribution in [0.2, 0.25) is 10.0 Å². The minimum absolute atomic E-state index is 0.0516. The number of hydrogen-bond donors (Lipinski definition) is 1. The van der Waals surface area contributed by atoms with Gasteiger partial charge in [-0.15, -0.1) is 5.10 Å². The van der Waals surface area contributed by atoms with Crippen molar-refractivity contribution in [2.75, 3.05) is 26.2 Å². The van der Waals surface area contributed by atoms with Gasteiger partial charge in [-0.3, -0.25) is 9.69 Å². The number of aromatic hydroxyl groups is 1. The molecule has 0 bridgehead atoms. The first-order valence-electron chi connectivity index (χ1n) is 9.99. The van der Waals surface area contributed by atoms with Gasteiger partial charge in [0.05, 0.1) is 27.2 Å². The summed E-state index contributed by atoms with van der Waals surface area (Å²) in [7, 11) is 0. The molecule has 0 saturated carbocycles. The van der Waals surface area contributed by atoms with Gasteiger partial charge in [-0.25, -0.2) is 4.98 Å². The molecule has 0 aliphatic carbocycles. The van der Waals surface area contributed by atoms with Gasteiger partial charge in [-0.2, -0.15) is 4.52 Å². The molecule has 8 nitrogen and oxygen atoms in total. The Kier molecular flexibility index (Phi) is 5.58. The minimum Gasteiger partial charge on any atom is -0.492 e. The van der Waals surface area contributed by atoms with E-state index in [9.17, 15) is 9.90 Å². The van der Waals surface area contributed by atoms with Gasteiger partial charge in [0, 0.05) is 26.2 Å². The maximum atomic E-state index is 12.7. The third kappa shape index (κ3) is 3.75. The molecule has 1 amide bonds. The first-order valence-corrected chi connectivity index (χ1v) is 11.6. The minimum atomic E-state index is -0.292. The summed E-state index contributed by atoms with van der Waals surface area (Å²) < 4.78 is 6.71. The van der Waals surface area contributed by atoms with Crippen molar-refractivity contribution >= 4 is 45.4 Å². The highest BCUT2D eigenvalue weighted by Gasteiger charge is 2.33. The zero-order chi connectivity index (χ0) is 22.4. The SMILES string of the molecule is Cc1nc2sc(C(c3ccc(Cl)c(Cl)c3)N3CCN(C(=O)c4ccco4)CC3)c(O)n2n1. The van der Waals surface area contributed by atoms with Crippen molar-refractivity contribution in [3.8, 4) is 5.88 Å². The number of amides is 1. The molecule has 0 radical (unpaired) electrons. The van der Waals surface area contributed by atoms with Crippen molar-refractivity contribution in [1.82, 2.24) is 24.4 Å². The molecule has 32 heavy (non-hydrogen) atoms. The van der Waals surface area contributed by atoms with Crippen molar-refractivity contribution in [3.63, 3.8) is 0 Å². The van der Waals surface area contributed by atoms with Crippen LogP contribution in [0.1, 0.15) is 32.9 Å². The molecule has 1 aromatic carbocycles. The molecule has 3 aromatic heterocycles. The van der Waals surface area contributed by atoms with Gasteiger partial charge in [-0.05, 0) is 36.8 Å². The van der Waals surface area contributed by atoms with E-state index < -0.39 is 0 Å². The van der Waals surface area contributed by atoms with Crippen LogP contribution >= 0.6 is 34.5 Å². The Morgan fingerprint density at radius 2 is 1.97 bits per heavy atom. The van der Waals surface area contributed by atoms with Crippen molar-refractivity contribution < 1.29 is 14.3 Å². The van der Waals surface area contributed by atoms with E-state index in [1.807, 2.05) is 12.1 Å². The Bertz CT molecular complexity index is 1280. The van der Waals surface area contributed by atoms with Gasteiger partial charge in [0.15, 0.2) is 5.76 Å². The van der Waals surface area contributed by atoms with Crippen LogP contribution in [-0.4, -0.2) is 61.6 Å². The first kappa shape index (κ1) is 21.3. The summed E-state index contributed by atoms with van der Waals surface area (Å²) in [6, 6.07) is 8.55. The summed E-state index contributed by atoms with van der Waals surface area (Å²) in [4.78, 5) is 22.4. The molecule has 1 N–H and O–H groups in total. The van der Waals surface area contributed by atoms with Gasteiger partial charge in [0.25, 0.3) is 5.91 Å². The van der Waals surface area contributed by atoms with E-state index in [1.165, 1.54) is 22.1 Å². The van der Waals surface area contributed by atoms with Gasteiger partial charge in [0.2, 0.25) is 10.8 Å². The lowest BCUT2D eigenvalue weighted by Crippen LogP contribution is -2.49. The van der Waals surface area contributed by atoms with E-state index in [2.05, 4.69) is 15.0 Å². The van der Waals surface area contributed by atoms with E-state index in [0.717, 1.165) is 5.56 Å². The van der Waals surface area contributed by atoms with Crippen LogP contribution in [0.4, 0.5) is 0 Å². The Balaban J connectivity index is 1.47. The van der Waals surface area contributed by atoms with Crippen LogP contribution in [0.3, 0.4) is 0 Å². The van der Waals surface area contributed by atoms with Crippen LogP contribution in [0, 0.1) is 6.92 Å². The number of thiazole rings is 1. The van der Waals surface area contributed by atoms with Crippen LogP contribution in [0.5, 0.6) is 5.88 Å². The quantitative estimate of drug-likeness (QED) is 0.459. The Hall–Kier alpha value is -2.59. The Morgan fingerprint density at radius 1 is 1.19 bits per heavy atom. The number of aryl methyl sites for hydroxylation is 1. The molecule has 0 spiro atoms. The topological polar surface area (TPSA) is 87.1 Å². The fraction of sp³-hybridized carbons (Fsp3) is 0.286. The summed E-state index contributed by atoms with van der Waals surface area (Å²) in [6.07, 6.45) is 1.50. The third-order valence-corrected chi connectivity index (χ3v) is 7.32. The second kappa shape index (κ2) is 8.40. The largest absolute Gasteiger partial charge is 0.492 e. The van der Waals surface area contributed by atoms with Crippen LogP contribution in [0.15, 0.2) is 41.0 Å². The molecule has 4 aromatic rings. The highest BCUT2D eigenvalue weighted by molar-refractivity contribution is 7.17. The maximum Gasteiger partial charge on any atom is 0.289 e. The van der Waals surface area contributed by atoms with Crippen molar-refractivity contribution in [2.24, 2.45) is 0 Å². The normalized spacial score (nSPS) is 16.0. The van der Waals surface area contributed by atoms with Crippen LogP contribution in [0.25, 0.3) is 4.96 Å². The van der Waals surface area contributed by atoms with Gasteiger partial charge in [-0.1, -0.05) is 40.6 Å². The highest BCUT2D eigenvalue weighted by atomic mass is 35.5. The number of carbonyl (C=O) groups excluding carboxylic acids is 1. The Labute approximate surface area is 197 Å². The summed E-state index contributed by atoms with van der Waals surface area (Å²) in [6.45, 7) is 4.04. The van der Waals surface area contributed by atoms with E-state index >= 15 is 0 Å². The molecule has 1 fully saturated rings. The van der Waals surface area contributed by atoms with Crippen LogP contribution < -0.4 is 0 Å². The zero-order valence-electron chi connectivity index (χ0n) is 17.0. The van der Waals surface area contributed by atoms with E-state index in [-0.39, 0.29) is 17.8 Å². The molecular formula is C21H19Cl2N5O3S. The number of fused-ring (bicyclic) bond motifs is 1. The van der Waals surface area contributed by atoms with Gasteiger partial charge in [0.1, 0.15) is 5.82 Å². The summed E-state index contributed by atoms with van der Waals surface area (Å²) in [5.74, 6) is 0.848. The van der Waals surface area contributed by atoms with Gasteiger partial charge < -0.3 is 14.4 Å². The standard InChI is InChI=1S/C21H19Cl2N5O3S/c1-12-24-21-28(25-12)20(30)18(32-21)17(13-4-5-14(22)15(23)11-13)26-6-8-27(9-7-26)19(29)16-3-2-10-31-16/h2-5,10-11,17,30H,6-9H2,1H3. The monoisotopic (exact) mass is 491 g/mol. The van der Waals surface area contributed by atoms with E-state index in [1.54, 1.807) is 30.0 Å². The average molecular weight is 492 g/mol. The number of aromatic nitrogens is 3. The highest BCUT2D eigenvalue weighted by Crippen LogP contribution is 2.41. The van der Waals surface area contributed by atoms with Gasteiger partial charge >= 0.3 is 0 Å². The maximum absolute atomic E-state index is 12.7. The smallest absolute Gasteiger partial charge is 0.289 e. The first-order chi connectivity index (χ1) is 15.4. The lowest BCUT2D eigenvalue weighted by molar-refractivity contribution is 0.0568. The van der Waals surface area contributed by atoms with Crippen molar-refractivity contribution in [3.05, 3.63) is 68.7 Å². The average Bonchev–Trinajstić information content (AvgIpc) is 3.50. The fourth-order valence-electron chi connectivity index (χ4n) is 3.98. The number of benzene rings is 1. The Morgan fingerprint density at radius 3 is 2.62 bits per heavy atom. The van der Waals surface area contributed by atoms with Crippen LogP contribution in [-0.2, 0) is 0 Å². The third-order valence-electron chi connectivity index (χ3n) is 5.51. The lowest BCUT2D eigenvalue weighted by atomic mass is 10.0. The molecule has 1 saturated heterocycles. The number of hydrogen-bond acceptors (Lipinski definition) is 7. The molecule has 1 aliphatic rings. The zero-order valence-corrected chi connectivity index (χ0v) is 19.4. The van der Waals surface area contributed by atoms with Crippen molar-refractivity contribution in [1.29, 1.82) is 0 Å². The molecule has 4 heterocycles. The molecule has 5 rings (SSSR count). The number of halogens is 2. The summed E-state index contributed by atoms with van der Waals surface area (Å²) in [5, 5.41) is 16.2. The summed E-state index contributed by atoms with van der Waals surface area (Å²) >= 11 is 13.8. The number of carbonyl (C=O) groups is 1. The molecule has 1 unspecified atom stereocenters. The molecule has 1 aliphatic heterocycles. The predicted molar refractivity (Wildman–Crippen MR) is 122 cm³/mol. The molecule has 166 valence electrons. The number of nitrogens with zero attached hydrogens (tertiary/aromatic N) is 5. The second-order valence-electron chi connectivity index (χ2n) is 7.52. The number of rotatable bonds is 4. The number of piperazine rings is 1. The van der Waals surface area contributed by atoms with E-state index in [4.69, 9.17) is 27.6 Å². The second-order valence-corrected chi connectivity index (χ2v) is 9.35. The van der Waals surface area contributed by atoms with E-state index in [0.29, 0.717) is 57.6 Å². The number of furan rings is 1. The molecule has 1 atom stereocenters. The summed E-state index contributed by atoms with van der Waals surface area (Å²) in [5.41, 5.74) is 0.890. The predicted octanol–water partition coefficient (Wildman–Crippen LogP) is 4.25. The lowest BCUT2D eigenvalue weighted by Gasteiger charge is -2.39. The fourth-order valence-corrected chi connectivity index (χ4v) is 5.45.